The van der Waals surface area contributed by atoms with Gasteiger partial charge in [0.25, 0.3) is 0 Å². The van der Waals surface area contributed by atoms with Crippen LogP contribution in [0.15, 0.2) is 0 Å². The highest BCUT2D eigenvalue weighted by atomic mass is 16.3. The Morgan fingerprint density at radius 3 is 3.00 bits per heavy atom. The molecule has 0 radical (unpaired) electrons. The van der Waals surface area contributed by atoms with Crippen molar-refractivity contribution in [2.75, 3.05) is 13.2 Å². The second-order valence-corrected chi connectivity index (χ2v) is 4.13. The lowest BCUT2D eigenvalue weighted by molar-refractivity contribution is -0.141. The quantitative estimate of drug-likeness (QED) is 0.652. The summed E-state index contributed by atoms with van der Waals surface area (Å²) in [6.45, 7) is 1.16. The lowest BCUT2D eigenvalue weighted by atomic mass is 9.84. The summed E-state index contributed by atoms with van der Waals surface area (Å²) >= 11 is 0. The first-order chi connectivity index (χ1) is 6.33. The molecule has 2 atom stereocenters. The molecule has 0 saturated carbocycles. The van der Waals surface area contributed by atoms with E-state index >= 15 is 0 Å². The summed E-state index contributed by atoms with van der Waals surface area (Å²) in [5, 5.41) is 9.18. The molecule has 0 aromatic carbocycles. The van der Waals surface area contributed by atoms with E-state index in [4.69, 9.17) is 0 Å². The molecule has 0 bridgehead atoms. The highest BCUT2D eigenvalue weighted by Gasteiger charge is 2.36. The van der Waals surface area contributed by atoms with E-state index in [0.717, 1.165) is 25.8 Å². The topological polar surface area (TPSA) is 40.5 Å². The average molecular weight is 183 g/mol. The van der Waals surface area contributed by atoms with Gasteiger partial charge in [0.2, 0.25) is 5.91 Å². The number of hydrogen-bond donors (Lipinski definition) is 1. The fourth-order valence-electron chi connectivity index (χ4n) is 2.61. The largest absolute Gasteiger partial charge is 0.396 e. The summed E-state index contributed by atoms with van der Waals surface area (Å²) in [5.41, 5.74) is 0. The van der Waals surface area contributed by atoms with Crippen molar-refractivity contribution in [2.24, 2.45) is 5.92 Å². The smallest absolute Gasteiger partial charge is 0.222 e. The molecule has 0 spiro atoms. The van der Waals surface area contributed by atoms with E-state index in [0.29, 0.717) is 24.3 Å². The van der Waals surface area contributed by atoms with Crippen molar-refractivity contribution >= 4 is 5.91 Å². The SMILES string of the molecule is O=C1CC[C@@H](CO)[C@H]2CCCCN12. The molecule has 2 fully saturated rings. The Hall–Kier alpha value is -0.570. The predicted octanol–water partition coefficient (Wildman–Crippen LogP) is 0.770. The van der Waals surface area contributed by atoms with Crippen LogP contribution in [0.25, 0.3) is 0 Å². The summed E-state index contributed by atoms with van der Waals surface area (Å²) in [6, 6.07) is 0.347. The van der Waals surface area contributed by atoms with Gasteiger partial charge < -0.3 is 10.0 Å². The highest BCUT2D eigenvalue weighted by molar-refractivity contribution is 5.77. The van der Waals surface area contributed by atoms with Gasteiger partial charge in [-0.15, -0.1) is 0 Å². The molecule has 3 nitrogen and oxygen atoms in total. The van der Waals surface area contributed by atoms with E-state index < -0.39 is 0 Å². The molecular formula is C10H17NO2. The van der Waals surface area contributed by atoms with Crippen molar-refractivity contribution in [3.8, 4) is 0 Å². The van der Waals surface area contributed by atoms with Crippen LogP contribution in [-0.2, 0) is 4.79 Å². The maximum atomic E-state index is 11.5. The summed E-state index contributed by atoms with van der Waals surface area (Å²) in [5.74, 6) is 0.646. The molecule has 0 unspecified atom stereocenters. The number of carbonyl (C=O) groups excluding carboxylic acids is 1. The van der Waals surface area contributed by atoms with Crippen LogP contribution in [0.3, 0.4) is 0 Å². The maximum absolute atomic E-state index is 11.5. The second-order valence-electron chi connectivity index (χ2n) is 4.13. The third-order valence-electron chi connectivity index (χ3n) is 3.38. The van der Waals surface area contributed by atoms with E-state index in [2.05, 4.69) is 0 Å². The van der Waals surface area contributed by atoms with Crippen molar-refractivity contribution in [3.05, 3.63) is 0 Å². The van der Waals surface area contributed by atoms with Crippen LogP contribution in [-0.4, -0.2) is 35.1 Å². The van der Waals surface area contributed by atoms with E-state index in [1.165, 1.54) is 6.42 Å². The van der Waals surface area contributed by atoms with E-state index in [9.17, 15) is 9.90 Å². The van der Waals surface area contributed by atoms with Gasteiger partial charge in [0.05, 0.1) is 0 Å². The van der Waals surface area contributed by atoms with Crippen LogP contribution in [0.4, 0.5) is 0 Å². The monoisotopic (exact) mass is 183 g/mol. The van der Waals surface area contributed by atoms with Crippen molar-refractivity contribution in [3.63, 3.8) is 0 Å². The Kier molecular flexibility index (Phi) is 2.54. The Labute approximate surface area is 78.7 Å². The number of aliphatic hydroxyl groups is 1. The molecule has 74 valence electrons. The summed E-state index contributed by atoms with van der Waals surface area (Å²) < 4.78 is 0. The second kappa shape index (κ2) is 3.66. The molecule has 2 aliphatic heterocycles. The minimum absolute atomic E-state index is 0.244. The number of hydrogen-bond acceptors (Lipinski definition) is 2. The first-order valence-corrected chi connectivity index (χ1v) is 5.23. The van der Waals surface area contributed by atoms with Crippen molar-refractivity contribution in [1.82, 2.24) is 4.90 Å². The molecule has 2 aliphatic rings. The number of amides is 1. The van der Waals surface area contributed by atoms with Crippen LogP contribution >= 0.6 is 0 Å². The van der Waals surface area contributed by atoms with E-state index in [-0.39, 0.29) is 6.61 Å². The van der Waals surface area contributed by atoms with Gasteiger partial charge in [-0.2, -0.15) is 0 Å². The highest BCUT2D eigenvalue weighted by Crippen LogP contribution is 2.30. The number of aliphatic hydroxyl groups excluding tert-OH is 1. The molecule has 0 aromatic heterocycles. The van der Waals surface area contributed by atoms with Crippen molar-refractivity contribution in [1.29, 1.82) is 0 Å². The lowest BCUT2D eigenvalue weighted by Crippen LogP contribution is -2.51. The molecular weight excluding hydrogens is 166 g/mol. The van der Waals surface area contributed by atoms with Crippen molar-refractivity contribution in [2.45, 2.75) is 38.1 Å². The molecule has 2 saturated heterocycles. The molecule has 2 rings (SSSR count). The fourth-order valence-corrected chi connectivity index (χ4v) is 2.61. The van der Waals surface area contributed by atoms with Crippen LogP contribution in [0, 0.1) is 5.92 Å². The van der Waals surface area contributed by atoms with Gasteiger partial charge >= 0.3 is 0 Å². The standard InChI is InChI=1S/C10H17NO2/c12-7-8-4-5-10(13)11-6-2-1-3-9(8)11/h8-9,12H,1-7H2/t8-,9+/m0/s1. The molecule has 1 amide bonds. The van der Waals surface area contributed by atoms with Gasteiger partial charge in [-0.3, -0.25) is 4.79 Å². The van der Waals surface area contributed by atoms with Gasteiger partial charge in [-0.05, 0) is 25.7 Å². The number of piperidine rings is 2. The van der Waals surface area contributed by atoms with E-state index in [1.54, 1.807) is 0 Å². The van der Waals surface area contributed by atoms with Crippen LogP contribution in [0.1, 0.15) is 32.1 Å². The number of fused-ring (bicyclic) bond motifs is 1. The zero-order valence-electron chi connectivity index (χ0n) is 7.91. The fraction of sp³-hybridized carbons (Fsp3) is 0.900. The van der Waals surface area contributed by atoms with Gasteiger partial charge in [-0.1, -0.05) is 0 Å². The van der Waals surface area contributed by atoms with Gasteiger partial charge in [0, 0.05) is 31.5 Å². The summed E-state index contributed by atoms with van der Waals surface area (Å²) in [4.78, 5) is 13.5. The Morgan fingerprint density at radius 2 is 2.23 bits per heavy atom. The average Bonchev–Trinajstić information content (AvgIpc) is 2.19. The normalized spacial score (nSPS) is 34.5. The summed E-state index contributed by atoms with van der Waals surface area (Å²) in [7, 11) is 0. The molecule has 1 N–H and O–H groups in total. The number of rotatable bonds is 1. The minimum Gasteiger partial charge on any atom is -0.396 e. The maximum Gasteiger partial charge on any atom is 0.222 e. The van der Waals surface area contributed by atoms with Crippen molar-refractivity contribution < 1.29 is 9.90 Å². The third-order valence-corrected chi connectivity index (χ3v) is 3.38. The Morgan fingerprint density at radius 1 is 1.38 bits per heavy atom. The third kappa shape index (κ3) is 1.57. The molecule has 0 aromatic rings. The zero-order valence-corrected chi connectivity index (χ0v) is 7.91. The zero-order chi connectivity index (χ0) is 9.26. The Balaban J connectivity index is 2.09. The Bertz CT molecular complexity index is 205. The molecule has 13 heavy (non-hydrogen) atoms. The van der Waals surface area contributed by atoms with Gasteiger partial charge in [0.1, 0.15) is 0 Å². The van der Waals surface area contributed by atoms with Crippen LogP contribution in [0.5, 0.6) is 0 Å². The van der Waals surface area contributed by atoms with Crippen LogP contribution < -0.4 is 0 Å². The van der Waals surface area contributed by atoms with Gasteiger partial charge in [0.15, 0.2) is 0 Å². The first-order valence-electron chi connectivity index (χ1n) is 5.23. The van der Waals surface area contributed by atoms with Crippen LogP contribution in [0.2, 0.25) is 0 Å². The molecule has 0 aliphatic carbocycles. The lowest BCUT2D eigenvalue weighted by Gasteiger charge is -2.43. The predicted molar refractivity (Wildman–Crippen MR) is 49.2 cm³/mol. The summed E-state index contributed by atoms with van der Waals surface area (Å²) in [6.07, 6.45) is 4.97. The first kappa shape index (κ1) is 9.00. The molecule has 3 heteroatoms. The number of carbonyl (C=O) groups is 1. The van der Waals surface area contributed by atoms with Gasteiger partial charge in [-0.25, -0.2) is 0 Å². The molecule has 2 heterocycles. The number of nitrogens with zero attached hydrogens (tertiary/aromatic N) is 1. The minimum atomic E-state index is 0.244. The van der Waals surface area contributed by atoms with E-state index in [1.807, 2.05) is 4.90 Å².